The number of hydrogen-bond acceptors (Lipinski definition) is 2. The Morgan fingerprint density at radius 1 is 0.771 bits per heavy atom. The van der Waals surface area contributed by atoms with Crippen molar-refractivity contribution in [3.63, 3.8) is 0 Å². The maximum atomic E-state index is 11.9. The van der Waals surface area contributed by atoms with E-state index in [-0.39, 0.29) is 12.3 Å². The van der Waals surface area contributed by atoms with Crippen LogP contribution in [0, 0.1) is 0 Å². The second-order valence-corrected chi connectivity index (χ2v) is 8.71. The van der Waals surface area contributed by atoms with Crippen LogP contribution in [0.2, 0.25) is 0 Å². The molecule has 1 N–H and O–H groups in total. The van der Waals surface area contributed by atoms with Crippen LogP contribution in [-0.2, 0) is 17.9 Å². The molecule has 4 nitrogen and oxygen atoms in total. The Hall–Kier alpha value is -4.31. The van der Waals surface area contributed by atoms with Gasteiger partial charge in [0, 0.05) is 29.6 Å². The number of ether oxygens (including phenoxy) is 1. The number of aromatic nitrogens is 1. The number of carboxylic acid groups (broad SMARTS) is 1. The van der Waals surface area contributed by atoms with Gasteiger partial charge < -0.3 is 14.4 Å². The van der Waals surface area contributed by atoms with Gasteiger partial charge in [-0.05, 0) is 40.5 Å². The lowest BCUT2D eigenvalue weighted by Crippen LogP contribution is -2.08. The Morgan fingerprint density at radius 2 is 1.40 bits per heavy atom. The Bertz CT molecular complexity index is 1410. The average Bonchev–Trinajstić information content (AvgIpc) is 3.25. The molecule has 0 saturated carbocycles. The third-order valence-corrected chi connectivity index (χ3v) is 6.30. The number of rotatable bonds is 9. The van der Waals surface area contributed by atoms with Crippen molar-refractivity contribution in [2.24, 2.45) is 0 Å². The highest BCUT2D eigenvalue weighted by Gasteiger charge is 2.22. The predicted octanol–water partition coefficient (Wildman–Crippen LogP) is 6.88. The first-order valence-electron chi connectivity index (χ1n) is 11.8. The SMILES string of the molecule is O=C(O)CC(c1ccc(OCc2ccccc2)cc1)c1cn(Cc2ccccc2)c2ccccc12. The van der Waals surface area contributed by atoms with Gasteiger partial charge in [-0.1, -0.05) is 91.0 Å². The molecule has 1 unspecified atom stereocenters. The number of fused-ring (bicyclic) bond motifs is 1. The van der Waals surface area contributed by atoms with Gasteiger partial charge in [-0.25, -0.2) is 0 Å². The highest BCUT2D eigenvalue weighted by atomic mass is 16.5. The third kappa shape index (κ3) is 5.28. The molecule has 0 amide bonds. The van der Waals surface area contributed by atoms with Crippen LogP contribution in [-0.4, -0.2) is 15.6 Å². The molecular formula is C31H27NO3. The van der Waals surface area contributed by atoms with Crippen LogP contribution in [0.25, 0.3) is 10.9 Å². The lowest BCUT2D eigenvalue weighted by Gasteiger charge is -2.16. The van der Waals surface area contributed by atoms with Gasteiger partial charge in [0.05, 0.1) is 6.42 Å². The molecule has 35 heavy (non-hydrogen) atoms. The van der Waals surface area contributed by atoms with E-state index in [2.05, 4.69) is 35.0 Å². The molecule has 1 heterocycles. The van der Waals surface area contributed by atoms with Gasteiger partial charge in [-0.15, -0.1) is 0 Å². The summed E-state index contributed by atoms with van der Waals surface area (Å²) in [4.78, 5) is 11.9. The van der Waals surface area contributed by atoms with Gasteiger partial charge in [0.1, 0.15) is 12.4 Å². The summed E-state index contributed by atoms with van der Waals surface area (Å²) in [5, 5.41) is 10.8. The van der Waals surface area contributed by atoms with Crippen LogP contribution < -0.4 is 4.74 Å². The van der Waals surface area contributed by atoms with Crippen molar-refractivity contribution < 1.29 is 14.6 Å². The first-order chi connectivity index (χ1) is 17.2. The molecule has 0 aliphatic rings. The summed E-state index contributed by atoms with van der Waals surface area (Å²) in [7, 11) is 0. The van der Waals surface area contributed by atoms with Gasteiger partial charge in [0.2, 0.25) is 0 Å². The van der Waals surface area contributed by atoms with Crippen LogP contribution >= 0.6 is 0 Å². The minimum atomic E-state index is -0.820. The number of para-hydroxylation sites is 1. The number of aliphatic carboxylic acids is 1. The zero-order chi connectivity index (χ0) is 24.0. The number of benzene rings is 4. The Morgan fingerprint density at radius 3 is 2.09 bits per heavy atom. The molecule has 0 saturated heterocycles. The predicted molar refractivity (Wildman–Crippen MR) is 139 cm³/mol. The molecule has 0 fully saturated rings. The third-order valence-electron chi connectivity index (χ3n) is 6.30. The van der Waals surface area contributed by atoms with E-state index >= 15 is 0 Å². The molecule has 0 aliphatic heterocycles. The number of hydrogen-bond donors (Lipinski definition) is 1. The van der Waals surface area contributed by atoms with Gasteiger partial charge in [-0.3, -0.25) is 4.79 Å². The summed E-state index contributed by atoms with van der Waals surface area (Å²) < 4.78 is 8.15. The molecule has 5 rings (SSSR count). The summed E-state index contributed by atoms with van der Waals surface area (Å²) in [6.07, 6.45) is 2.13. The molecule has 174 valence electrons. The lowest BCUT2D eigenvalue weighted by atomic mass is 9.88. The Labute approximate surface area is 205 Å². The number of carboxylic acids is 1. The summed E-state index contributed by atoms with van der Waals surface area (Å²) >= 11 is 0. The van der Waals surface area contributed by atoms with Gasteiger partial charge in [0.15, 0.2) is 0 Å². The van der Waals surface area contributed by atoms with Gasteiger partial charge in [-0.2, -0.15) is 0 Å². The summed E-state index contributed by atoms with van der Waals surface area (Å²) in [5.41, 5.74) is 5.39. The minimum absolute atomic E-state index is 0.0174. The van der Waals surface area contributed by atoms with Crippen LogP contribution in [0.3, 0.4) is 0 Å². The van der Waals surface area contributed by atoms with E-state index in [0.717, 1.165) is 39.9 Å². The van der Waals surface area contributed by atoms with Crippen LogP contribution in [0.5, 0.6) is 5.75 Å². The molecule has 0 bridgehead atoms. The van der Waals surface area contributed by atoms with E-state index in [9.17, 15) is 9.90 Å². The Balaban J connectivity index is 1.45. The summed E-state index contributed by atoms with van der Waals surface area (Å²) in [6, 6.07) is 36.4. The largest absolute Gasteiger partial charge is 0.489 e. The second-order valence-electron chi connectivity index (χ2n) is 8.71. The van der Waals surface area contributed by atoms with Crippen LogP contribution in [0.1, 0.15) is 34.6 Å². The van der Waals surface area contributed by atoms with E-state index in [0.29, 0.717) is 6.61 Å². The number of carbonyl (C=O) groups is 1. The van der Waals surface area contributed by atoms with E-state index in [1.54, 1.807) is 0 Å². The first kappa shape index (κ1) is 22.5. The highest BCUT2D eigenvalue weighted by Crippen LogP contribution is 2.36. The topological polar surface area (TPSA) is 51.5 Å². The van der Waals surface area contributed by atoms with Crippen molar-refractivity contribution in [3.05, 3.63) is 138 Å². The molecule has 0 aliphatic carbocycles. The smallest absolute Gasteiger partial charge is 0.304 e. The summed E-state index contributed by atoms with van der Waals surface area (Å²) in [5.74, 6) is -0.324. The average molecular weight is 462 g/mol. The van der Waals surface area contributed by atoms with Gasteiger partial charge >= 0.3 is 5.97 Å². The molecule has 1 aromatic heterocycles. The fourth-order valence-electron chi connectivity index (χ4n) is 4.58. The molecule has 4 heteroatoms. The maximum Gasteiger partial charge on any atom is 0.304 e. The van der Waals surface area contributed by atoms with E-state index in [1.807, 2.05) is 84.9 Å². The molecule has 0 radical (unpaired) electrons. The summed E-state index contributed by atoms with van der Waals surface area (Å²) in [6.45, 7) is 1.22. The monoisotopic (exact) mass is 461 g/mol. The Kier molecular flexibility index (Phi) is 6.62. The van der Waals surface area contributed by atoms with Crippen molar-refractivity contribution in [2.45, 2.75) is 25.5 Å². The zero-order valence-electron chi connectivity index (χ0n) is 19.4. The fraction of sp³-hybridized carbons (Fsp3) is 0.129. The van der Waals surface area contributed by atoms with Crippen molar-refractivity contribution in [1.29, 1.82) is 0 Å². The maximum absolute atomic E-state index is 11.9. The van der Waals surface area contributed by atoms with E-state index in [4.69, 9.17) is 4.74 Å². The number of nitrogens with zero attached hydrogens (tertiary/aromatic N) is 1. The van der Waals surface area contributed by atoms with Crippen molar-refractivity contribution in [2.75, 3.05) is 0 Å². The molecule has 5 aromatic rings. The second kappa shape index (κ2) is 10.3. The normalized spacial score (nSPS) is 11.9. The quantitative estimate of drug-likeness (QED) is 0.260. The molecular weight excluding hydrogens is 434 g/mol. The van der Waals surface area contributed by atoms with Gasteiger partial charge in [0.25, 0.3) is 0 Å². The van der Waals surface area contributed by atoms with Crippen molar-refractivity contribution in [1.82, 2.24) is 4.57 Å². The van der Waals surface area contributed by atoms with E-state index in [1.165, 1.54) is 5.56 Å². The highest BCUT2D eigenvalue weighted by molar-refractivity contribution is 5.86. The molecule has 1 atom stereocenters. The van der Waals surface area contributed by atoms with E-state index < -0.39 is 5.97 Å². The standard InChI is InChI=1S/C31H27NO3/c33-31(34)19-28(25-15-17-26(18-16-25)35-22-24-11-5-2-6-12-24)29-21-32(20-23-9-3-1-4-10-23)30-14-8-7-13-27(29)30/h1-18,21,28H,19-20,22H2,(H,33,34). The lowest BCUT2D eigenvalue weighted by molar-refractivity contribution is -0.137. The molecule has 4 aromatic carbocycles. The van der Waals surface area contributed by atoms with Crippen LogP contribution in [0.15, 0.2) is 115 Å². The minimum Gasteiger partial charge on any atom is -0.489 e. The van der Waals surface area contributed by atoms with Crippen molar-refractivity contribution >= 4 is 16.9 Å². The first-order valence-corrected chi connectivity index (χ1v) is 11.8. The van der Waals surface area contributed by atoms with Crippen LogP contribution in [0.4, 0.5) is 0 Å². The zero-order valence-corrected chi connectivity index (χ0v) is 19.4. The molecule has 0 spiro atoms. The van der Waals surface area contributed by atoms with Crippen molar-refractivity contribution in [3.8, 4) is 5.75 Å². The fourth-order valence-corrected chi connectivity index (χ4v) is 4.58.